The Kier molecular flexibility index (Phi) is 8.18. The van der Waals surface area contributed by atoms with Gasteiger partial charge in [-0.3, -0.25) is 0 Å². The third-order valence-corrected chi connectivity index (χ3v) is 13.8. The number of aromatic nitrogens is 4. The van der Waals surface area contributed by atoms with E-state index in [1.807, 2.05) is 53.0 Å². The van der Waals surface area contributed by atoms with E-state index in [1.165, 1.54) is 56.9 Å². The molecule has 0 atom stereocenters. The summed E-state index contributed by atoms with van der Waals surface area (Å²) in [6.45, 7) is 0. The quantitative estimate of drug-likeness (QED) is 0.168. The lowest BCUT2D eigenvalue weighted by Gasteiger charge is -2.11. The van der Waals surface area contributed by atoms with Gasteiger partial charge in [0.25, 0.3) is 0 Å². The number of nitrogens with zero attached hydrogens (tertiary/aromatic N) is 4. The average Bonchev–Trinajstić information content (AvgIpc) is 3.91. The number of hydrogen-bond donors (Lipinski definition) is 0. The Labute approximate surface area is 353 Å². The van der Waals surface area contributed by atoms with Crippen LogP contribution in [-0.2, 0) is 0 Å². The summed E-state index contributed by atoms with van der Waals surface area (Å²) >= 11 is 3.68. The zero-order valence-electron chi connectivity index (χ0n) is 32.1. The van der Waals surface area contributed by atoms with Crippen molar-refractivity contribution < 1.29 is 0 Å². The maximum Gasteiger partial charge on any atom is 0.164 e. The van der Waals surface area contributed by atoms with Gasteiger partial charge in [0.15, 0.2) is 17.5 Å². The maximum absolute atomic E-state index is 5.41. The highest BCUT2D eigenvalue weighted by Crippen LogP contribution is 2.44. The molecule has 0 spiro atoms. The van der Waals surface area contributed by atoms with E-state index in [4.69, 9.17) is 19.9 Å². The lowest BCUT2D eigenvalue weighted by molar-refractivity contribution is 1.07. The molecule has 280 valence electrons. The van der Waals surface area contributed by atoms with E-state index >= 15 is 0 Å². The van der Waals surface area contributed by atoms with E-state index in [-0.39, 0.29) is 0 Å². The third-order valence-electron chi connectivity index (χ3n) is 11.4. The minimum Gasteiger partial charge on any atom is -0.247 e. The maximum atomic E-state index is 5.41. The zero-order valence-corrected chi connectivity index (χ0v) is 33.7. The summed E-state index contributed by atoms with van der Waals surface area (Å²) < 4.78 is 5.10. The third kappa shape index (κ3) is 5.88. The average molecular weight is 801 g/mol. The minimum absolute atomic E-state index is 0.620. The van der Waals surface area contributed by atoms with E-state index in [9.17, 15) is 0 Å². The van der Waals surface area contributed by atoms with Crippen molar-refractivity contribution in [2.24, 2.45) is 0 Å². The van der Waals surface area contributed by atoms with Crippen LogP contribution in [0.15, 0.2) is 194 Å². The topological polar surface area (TPSA) is 51.6 Å². The molecule has 0 radical (unpaired) electrons. The van der Waals surface area contributed by atoms with Gasteiger partial charge in [0.05, 0.1) is 11.2 Å². The van der Waals surface area contributed by atoms with Gasteiger partial charge < -0.3 is 0 Å². The largest absolute Gasteiger partial charge is 0.247 e. The van der Waals surface area contributed by atoms with Crippen molar-refractivity contribution in [3.8, 4) is 67.7 Å². The Hall–Kier alpha value is -7.38. The van der Waals surface area contributed by atoms with E-state index in [2.05, 4.69) is 164 Å². The molecule has 0 amide bonds. The second-order valence-corrected chi connectivity index (χ2v) is 17.1. The first-order valence-corrected chi connectivity index (χ1v) is 21.6. The van der Waals surface area contributed by atoms with Crippen molar-refractivity contribution in [2.45, 2.75) is 0 Å². The molecule has 0 unspecified atom stereocenters. The highest BCUT2D eigenvalue weighted by molar-refractivity contribution is 7.27. The lowest BCUT2D eigenvalue weighted by atomic mass is 9.99. The molecule has 6 heteroatoms. The van der Waals surface area contributed by atoms with Gasteiger partial charge in [0.1, 0.15) is 0 Å². The first kappa shape index (κ1) is 34.6. The molecular formula is C54H32N4S2. The Morgan fingerprint density at radius 3 is 1.48 bits per heavy atom. The lowest BCUT2D eigenvalue weighted by Crippen LogP contribution is -2.00. The molecule has 4 heterocycles. The SMILES string of the molecule is c1ccc(-c2ccc3c(c2)nc(-c2ccc(-c4nc(-c5ccccc5)nc(-c5ccc(-c6cccc7c6sc6ccccc67)cc5)n4)cc2)c2c4ccccc4sc32)cc1. The van der Waals surface area contributed by atoms with Crippen LogP contribution in [0.1, 0.15) is 0 Å². The van der Waals surface area contributed by atoms with Crippen LogP contribution in [0.5, 0.6) is 0 Å². The van der Waals surface area contributed by atoms with Gasteiger partial charge in [-0.05, 0) is 40.5 Å². The van der Waals surface area contributed by atoms with Gasteiger partial charge in [-0.2, -0.15) is 0 Å². The number of rotatable bonds is 6. The summed E-state index contributed by atoms with van der Waals surface area (Å²) in [7, 11) is 0. The predicted molar refractivity (Wildman–Crippen MR) is 254 cm³/mol. The highest BCUT2D eigenvalue weighted by Gasteiger charge is 2.19. The summed E-state index contributed by atoms with van der Waals surface area (Å²) in [6, 6.07) is 68.4. The second kappa shape index (κ2) is 14.2. The van der Waals surface area contributed by atoms with Crippen LogP contribution in [0.4, 0.5) is 0 Å². The Balaban J connectivity index is 0.957. The van der Waals surface area contributed by atoms with Crippen molar-refractivity contribution in [3.05, 3.63) is 194 Å². The normalized spacial score (nSPS) is 11.7. The van der Waals surface area contributed by atoms with Crippen LogP contribution in [0.2, 0.25) is 0 Å². The smallest absolute Gasteiger partial charge is 0.164 e. The van der Waals surface area contributed by atoms with Gasteiger partial charge in [-0.15, -0.1) is 22.7 Å². The van der Waals surface area contributed by atoms with Gasteiger partial charge in [-0.1, -0.05) is 176 Å². The first-order chi connectivity index (χ1) is 29.7. The van der Waals surface area contributed by atoms with Crippen LogP contribution in [0.3, 0.4) is 0 Å². The van der Waals surface area contributed by atoms with E-state index in [0.717, 1.165) is 44.6 Å². The van der Waals surface area contributed by atoms with Crippen molar-refractivity contribution >= 4 is 73.9 Å². The summed E-state index contributed by atoms with van der Waals surface area (Å²) in [4.78, 5) is 20.6. The molecule has 0 fully saturated rings. The van der Waals surface area contributed by atoms with Crippen molar-refractivity contribution in [3.63, 3.8) is 0 Å². The summed E-state index contributed by atoms with van der Waals surface area (Å²) in [5, 5.41) is 6.17. The van der Waals surface area contributed by atoms with Crippen LogP contribution in [0, 0.1) is 0 Å². The molecule has 60 heavy (non-hydrogen) atoms. The predicted octanol–water partition coefficient (Wildman–Crippen LogP) is 15.2. The van der Waals surface area contributed by atoms with Crippen LogP contribution in [-0.4, -0.2) is 19.9 Å². The summed E-state index contributed by atoms with van der Waals surface area (Å²) in [5.74, 6) is 1.89. The number of hydrogen-bond acceptors (Lipinski definition) is 6. The molecular weight excluding hydrogens is 769 g/mol. The monoisotopic (exact) mass is 800 g/mol. The van der Waals surface area contributed by atoms with Crippen LogP contribution in [0.25, 0.3) is 119 Å². The Bertz CT molecular complexity index is 3580. The van der Waals surface area contributed by atoms with Crippen molar-refractivity contribution in [1.82, 2.24) is 19.9 Å². The molecule has 0 saturated carbocycles. The number of pyridine rings is 1. The molecule has 0 aliphatic carbocycles. The number of thiophene rings is 2. The summed E-state index contributed by atoms with van der Waals surface area (Å²) in [6.07, 6.45) is 0. The number of fused-ring (bicyclic) bond motifs is 8. The summed E-state index contributed by atoms with van der Waals surface area (Å²) in [5.41, 5.74) is 10.5. The molecule has 4 nitrogen and oxygen atoms in total. The van der Waals surface area contributed by atoms with E-state index < -0.39 is 0 Å². The molecule has 0 saturated heterocycles. The fourth-order valence-electron chi connectivity index (χ4n) is 8.38. The molecule has 0 bridgehead atoms. The molecule has 0 N–H and O–H groups in total. The van der Waals surface area contributed by atoms with Crippen molar-refractivity contribution in [2.75, 3.05) is 0 Å². The number of benzene rings is 8. The minimum atomic E-state index is 0.620. The highest BCUT2D eigenvalue weighted by atomic mass is 32.1. The van der Waals surface area contributed by atoms with E-state index in [1.54, 1.807) is 0 Å². The second-order valence-electron chi connectivity index (χ2n) is 15.0. The molecule has 0 aliphatic heterocycles. The molecule has 8 aromatic carbocycles. The first-order valence-electron chi connectivity index (χ1n) is 20.0. The van der Waals surface area contributed by atoms with Crippen molar-refractivity contribution in [1.29, 1.82) is 0 Å². The fourth-order valence-corrected chi connectivity index (χ4v) is 10.9. The Morgan fingerprint density at radius 2 is 0.800 bits per heavy atom. The van der Waals surface area contributed by atoms with Gasteiger partial charge in [0, 0.05) is 68.0 Å². The molecule has 4 aromatic heterocycles. The molecule has 12 aromatic rings. The standard InChI is InChI=1S/C54H32N4S2/c1-3-12-33(13-4-1)39-30-31-43-45(32-39)55-49(48-44-17-8-10-21-47(44)60-51(43)48)35-24-28-38(29-25-35)54-57-52(36-14-5-2-6-15-36)56-53(58-54)37-26-22-34(23-27-37)40-18-11-19-42-41-16-7-9-20-46(41)59-50(40)42/h1-32H. The molecule has 0 aliphatic rings. The van der Waals surface area contributed by atoms with Gasteiger partial charge in [-0.25, -0.2) is 19.9 Å². The Morgan fingerprint density at radius 1 is 0.300 bits per heavy atom. The van der Waals surface area contributed by atoms with Gasteiger partial charge >= 0.3 is 0 Å². The van der Waals surface area contributed by atoms with Crippen LogP contribution < -0.4 is 0 Å². The van der Waals surface area contributed by atoms with Crippen LogP contribution >= 0.6 is 22.7 Å². The zero-order chi connectivity index (χ0) is 39.6. The van der Waals surface area contributed by atoms with Gasteiger partial charge in [0.2, 0.25) is 0 Å². The fraction of sp³-hybridized carbons (Fsp3) is 0. The molecule has 12 rings (SSSR count). The van der Waals surface area contributed by atoms with E-state index in [0.29, 0.717) is 17.5 Å².